The smallest absolute Gasteiger partial charge is 0.321 e. The van der Waals surface area contributed by atoms with Crippen molar-refractivity contribution in [2.75, 3.05) is 0 Å². The van der Waals surface area contributed by atoms with E-state index in [0.29, 0.717) is 0 Å². The molecule has 104 valence electrons. The van der Waals surface area contributed by atoms with Gasteiger partial charge in [-0.15, -0.1) is 0 Å². The molecule has 2 rings (SSSR count). The second kappa shape index (κ2) is 5.22. The van der Waals surface area contributed by atoms with Gasteiger partial charge in [0, 0.05) is 6.20 Å². The van der Waals surface area contributed by atoms with Gasteiger partial charge in [-0.25, -0.2) is 12.8 Å². The summed E-state index contributed by atoms with van der Waals surface area (Å²) in [5, 5.41) is 9.00. The Labute approximate surface area is 109 Å². The van der Waals surface area contributed by atoms with E-state index < -0.39 is 27.9 Å². The lowest BCUT2D eigenvalue weighted by molar-refractivity contribution is -0.139. The standard InChI is InChI=1S/C11H13FN2O4S/c12-8-4-9(6-13-5-8)19(17,18)14-10(11(15)16)3-7-1-2-7/h4-7,10,14H,1-3H2,(H,15,16). The molecule has 1 saturated carbocycles. The van der Waals surface area contributed by atoms with Crippen LogP contribution in [0.5, 0.6) is 0 Å². The van der Waals surface area contributed by atoms with Gasteiger partial charge in [0.25, 0.3) is 0 Å². The van der Waals surface area contributed by atoms with E-state index in [-0.39, 0.29) is 17.2 Å². The van der Waals surface area contributed by atoms with Crippen LogP contribution in [-0.2, 0) is 14.8 Å². The fraction of sp³-hybridized carbons (Fsp3) is 0.455. The van der Waals surface area contributed by atoms with Crippen molar-refractivity contribution in [1.82, 2.24) is 9.71 Å². The lowest BCUT2D eigenvalue weighted by Crippen LogP contribution is -2.41. The molecule has 0 spiro atoms. The lowest BCUT2D eigenvalue weighted by Gasteiger charge is -2.14. The second-order valence-electron chi connectivity index (χ2n) is 4.53. The number of rotatable bonds is 6. The molecule has 6 nitrogen and oxygen atoms in total. The van der Waals surface area contributed by atoms with Gasteiger partial charge in [0.05, 0.1) is 6.20 Å². The first-order chi connectivity index (χ1) is 8.88. The largest absolute Gasteiger partial charge is 0.480 e. The molecule has 1 atom stereocenters. The number of sulfonamides is 1. The molecular weight excluding hydrogens is 275 g/mol. The Morgan fingerprint density at radius 3 is 2.74 bits per heavy atom. The molecule has 1 aliphatic carbocycles. The Kier molecular flexibility index (Phi) is 3.81. The maximum atomic E-state index is 12.9. The van der Waals surface area contributed by atoms with E-state index in [1.54, 1.807) is 0 Å². The van der Waals surface area contributed by atoms with Crippen LogP contribution in [0.15, 0.2) is 23.4 Å². The average Bonchev–Trinajstić information content (AvgIpc) is 3.12. The number of halogens is 1. The Morgan fingerprint density at radius 1 is 1.53 bits per heavy atom. The van der Waals surface area contributed by atoms with Crippen LogP contribution in [0.25, 0.3) is 0 Å². The van der Waals surface area contributed by atoms with Crippen LogP contribution in [-0.4, -0.2) is 30.5 Å². The molecule has 2 N–H and O–H groups in total. The van der Waals surface area contributed by atoms with E-state index in [0.717, 1.165) is 31.3 Å². The van der Waals surface area contributed by atoms with Crippen molar-refractivity contribution in [2.24, 2.45) is 5.92 Å². The zero-order valence-electron chi connectivity index (χ0n) is 9.91. The molecule has 0 amide bonds. The minimum absolute atomic E-state index is 0.245. The molecule has 1 aromatic rings. The summed E-state index contributed by atoms with van der Waals surface area (Å²) in [6, 6.07) is -0.397. The molecule has 0 bridgehead atoms. The molecule has 0 saturated heterocycles. The molecule has 0 aromatic carbocycles. The zero-order chi connectivity index (χ0) is 14.0. The van der Waals surface area contributed by atoms with Gasteiger partial charge in [-0.3, -0.25) is 9.78 Å². The van der Waals surface area contributed by atoms with Crippen molar-refractivity contribution in [3.05, 3.63) is 24.3 Å². The van der Waals surface area contributed by atoms with Crippen molar-refractivity contribution in [2.45, 2.75) is 30.2 Å². The quantitative estimate of drug-likeness (QED) is 0.805. The van der Waals surface area contributed by atoms with Crippen LogP contribution < -0.4 is 4.72 Å². The molecule has 19 heavy (non-hydrogen) atoms. The number of hydrogen-bond acceptors (Lipinski definition) is 4. The van der Waals surface area contributed by atoms with Crippen LogP contribution in [0.3, 0.4) is 0 Å². The monoisotopic (exact) mass is 288 g/mol. The third-order valence-electron chi connectivity index (χ3n) is 2.85. The first-order valence-electron chi connectivity index (χ1n) is 5.74. The van der Waals surface area contributed by atoms with Crippen LogP contribution in [0.2, 0.25) is 0 Å². The number of nitrogens with one attached hydrogen (secondary N) is 1. The summed E-state index contributed by atoms with van der Waals surface area (Å²) in [5.74, 6) is -1.79. The van der Waals surface area contributed by atoms with Gasteiger partial charge in [0.2, 0.25) is 10.0 Å². The minimum atomic E-state index is -4.08. The van der Waals surface area contributed by atoms with Crippen molar-refractivity contribution in [1.29, 1.82) is 0 Å². The second-order valence-corrected chi connectivity index (χ2v) is 6.24. The number of nitrogens with zero attached hydrogens (tertiary/aromatic N) is 1. The molecule has 1 aromatic heterocycles. The lowest BCUT2D eigenvalue weighted by atomic mass is 10.1. The van der Waals surface area contributed by atoms with E-state index in [2.05, 4.69) is 9.71 Å². The summed E-state index contributed by atoms with van der Waals surface area (Å²) in [4.78, 5) is 14.1. The maximum absolute atomic E-state index is 12.9. The summed E-state index contributed by atoms with van der Waals surface area (Å²) >= 11 is 0. The number of carboxylic acids is 1. The van der Waals surface area contributed by atoms with Crippen molar-refractivity contribution in [3.8, 4) is 0 Å². The minimum Gasteiger partial charge on any atom is -0.480 e. The van der Waals surface area contributed by atoms with Crippen LogP contribution in [0, 0.1) is 11.7 Å². The molecule has 0 radical (unpaired) electrons. The van der Waals surface area contributed by atoms with E-state index in [4.69, 9.17) is 5.11 Å². The predicted octanol–water partition coefficient (Wildman–Crippen LogP) is 0.752. The van der Waals surface area contributed by atoms with E-state index in [1.165, 1.54) is 0 Å². The van der Waals surface area contributed by atoms with Crippen LogP contribution in [0.1, 0.15) is 19.3 Å². The van der Waals surface area contributed by atoms with Gasteiger partial charge in [-0.1, -0.05) is 12.8 Å². The number of carboxylic acid groups (broad SMARTS) is 1. The number of carbonyl (C=O) groups is 1. The predicted molar refractivity (Wildman–Crippen MR) is 63.3 cm³/mol. The Bertz CT molecular complexity index is 586. The first kappa shape index (κ1) is 13.9. The van der Waals surface area contributed by atoms with E-state index in [9.17, 15) is 17.6 Å². The molecule has 1 aliphatic rings. The van der Waals surface area contributed by atoms with Gasteiger partial charge in [-0.2, -0.15) is 4.72 Å². The van der Waals surface area contributed by atoms with E-state index >= 15 is 0 Å². The van der Waals surface area contributed by atoms with Gasteiger partial charge < -0.3 is 5.11 Å². The van der Waals surface area contributed by atoms with Gasteiger partial charge in [0.15, 0.2) is 0 Å². The zero-order valence-corrected chi connectivity index (χ0v) is 10.7. The SMILES string of the molecule is O=C(O)C(CC1CC1)NS(=O)(=O)c1cncc(F)c1. The molecular formula is C11H13FN2O4S. The van der Waals surface area contributed by atoms with Crippen molar-refractivity contribution in [3.63, 3.8) is 0 Å². The van der Waals surface area contributed by atoms with Gasteiger partial charge in [0.1, 0.15) is 16.8 Å². The normalized spacial score (nSPS) is 17.1. The Hall–Kier alpha value is -1.54. The highest BCUT2D eigenvalue weighted by Crippen LogP contribution is 2.33. The highest BCUT2D eigenvalue weighted by atomic mass is 32.2. The fourth-order valence-electron chi connectivity index (χ4n) is 1.68. The highest BCUT2D eigenvalue weighted by Gasteiger charge is 2.32. The maximum Gasteiger partial charge on any atom is 0.321 e. The summed E-state index contributed by atoms with van der Waals surface area (Å²) in [6.07, 6.45) is 3.91. The summed E-state index contributed by atoms with van der Waals surface area (Å²) in [6.45, 7) is 0. The van der Waals surface area contributed by atoms with Crippen molar-refractivity contribution >= 4 is 16.0 Å². The molecule has 1 heterocycles. The Morgan fingerprint density at radius 2 is 2.21 bits per heavy atom. The third-order valence-corrected chi connectivity index (χ3v) is 4.29. The van der Waals surface area contributed by atoms with Crippen LogP contribution >= 0.6 is 0 Å². The Balaban J connectivity index is 2.16. The molecule has 0 aliphatic heterocycles. The number of aliphatic carboxylic acids is 1. The van der Waals surface area contributed by atoms with E-state index in [1.807, 2.05) is 0 Å². The molecule has 1 unspecified atom stereocenters. The third kappa shape index (κ3) is 3.71. The van der Waals surface area contributed by atoms with Crippen LogP contribution in [0.4, 0.5) is 4.39 Å². The van der Waals surface area contributed by atoms with Gasteiger partial charge in [-0.05, 0) is 18.4 Å². The summed E-state index contributed by atoms with van der Waals surface area (Å²) in [5.41, 5.74) is 0. The number of hydrogen-bond donors (Lipinski definition) is 2. The number of pyridine rings is 1. The topological polar surface area (TPSA) is 96.4 Å². The summed E-state index contributed by atoms with van der Waals surface area (Å²) in [7, 11) is -4.08. The fourth-order valence-corrected chi connectivity index (χ4v) is 2.86. The number of aromatic nitrogens is 1. The highest BCUT2D eigenvalue weighted by molar-refractivity contribution is 7.89. The first-order valence-corrected chi connectivity index (χ1v) is 7.22. The average molecular weight is 288 g/mol. The van der Waals surface area contributed by atoms with Gasteiger partial charge >= 0.3 is 5.97 Å². The molecule has 8 heteroatoms. The van der Waals surface area contributed by atoms with Crippen molar-refractivity contribution < 1.29 is 22.7 Å². The molecule has 1 fully saturated rings. The summed E-state index contributed by atoms with van der Waals surface area (Å²) < 4.78 is 38.9.